The quantitative estimate of drug-likeness (QED) is 0.491. The predicted octanol–water partition coefficient (Wildman–Crippen LogP) is 1.38. The van der Waals surface area contributed by atoms with E-state index in [-0.39, 0.29) is 0 Å². The molecular weight excluding hydrogens is 188 g/mol. The third kappa shape index (κ3) is 4.76. The van der Waals surface area contributed by atoms with E-state index >= 15 is 0 Å². The number of nitrogens with zero attached hydrogens (tertiary/aromatic N) is 2. The summed E-state index contributed by atoms with van der Waals surface area (Å²) in [5, 5.41) is 0. The molecule has 1 aliphatic rings. The van der Waals surface area contributed by atoms with Gasteiger partial charge >= 0.3 is 0 Å². The molecule has 0 aromatic rings. The van der Waals surface area contributed by atoms with Crippen LogP contribution in [0.25, 0.3) is 0 Å². The Hall–Kier alpha value is -0.410. The van der Waals surface area contributed by atoms with E-state index in [2.05, 4.69) is 23.9 Å². The molecule has 1 rings (SSSR count). The van der Waals surface area contributed by atoms with Gasteiger partial charge in [-0.3, -0.25) is 0 Å². The largest absolute Gasteiger partial charge is 0.306 e. The van der Waals surface area contributed by atoms with E-state index in [9.17, 15) is 4.79 Å². The van der Waals surface area contributed by atoms with Crippen LogP contribution in [0.3, 0.4) is 0 Å². The van der Waals surface area contributed by atoms with Crippen LogP contribution in [-0.2, 0) is 4.79 Å². The summed E-state index contributed by atoms with van der Waals surface area (Å²) in [6, 6.07) is 0.774. The van der Waals surface area contributed by atoms with Crippen molar-refractivity contribution in [2.24, 2.45) is 0 Å². The van der Waals surface area contributed by atoms with Gasteiger partial charge in [0.05, 0.1) is 0 Å². The molecule has 15 heavy (non-hydrogen) atoms. The summed E-state index contributed by atoms with van der Waals surface area (Å²) in [7, 11) is 4.34. The van der Waals surface area contributed by atoms with Crippen molar-refractivity contribution >= 4 is 6.29 Å². The molecule has 0 aliphatic carbocycles. The normalized spacial score (nSPS) is 19.7. The lowest BCUT2D eigenvalue weighted by atomic mass is 10.0. The Morgan fingerprint density at radius 1 is 1.27 bits per heavy atom. The Labute approximate surface area is 93.4 Å². The highest BCUT2D eigenvalue weighted by Crippen LogP contribution is 2.14. The zero-order valence-corrected chi connectivity index (χ0v) is 10.1. The van der Waals surface area contributed by atoms with Gasteiger partial charge in [-0.2, -0.15) is 0 Å². The third-order valence-corrected chi connectivity index (χ3v) is 3.33. The zero-order valence-electron chi connectivity index (χ0n) is 10.1. The molecule has 88 valence electrons. The number of likely N-dealkylation sites (tertiary alicyclic amines) is 1. The summed E-state index contributed by atoms with van der Waals surface area (Å²) in [6.07, 6.45) is 6.57. The molecular formula is C12H24N2O. The van der Waals surface area contributed by atoms with Crippen LogP contribution in [0, 0.1) is 0 Å². The molecule has 0 aromatic carbocycles. The smallest absolute Gasteiger partial charge is 0.119 e. The summed E-state index contributed by atoms with van der Waals surface area (Å²) in [4.78, 5) is 15.0. The Kier molecular flexibility index (Phi) is 5.88. The molecule has 3 heteroatoms. The van der Waals surface area contributed by atoms with Gasteiger partial charge in [-0.25, -0.2) is 0 Å². The molecule has 1 fully saturated rings. The van der Waals surface area contributed by atoms with E-state index in [1.807, 2.05) is 0 Å². The maximum Gasteiger partial charge on any atom is 0.119 e. The minimum Gasteiger partial charge on any atom is -0.306 e. The van der Waals surface area contributed by atoms with Gasteiger partial charge in [-0.1, -0.05) is 0 Å². The second kappa shape index (κ2) is 6.96. The Morgan fingerprint density at radius 3 is 2.47 bits per heavy atom. The first kappa shape index (κ1) is 12.7. The average Bonchev–Trinajstić information content (AvgIpc) is 2.25. The number of carbonyl (C=O) groups is 1. The molecule has 0 aromatic heterocycles. The van der Waals surface area contributed by atoms with Gasteiger partial charge in [0.25, 0.3) is 0 Å². The molecule has 0 atom stereocenters. The molecule has 3 nitrogen and oxygen atoms in total. The highest BCUT2D eigenvalue weighted by Gasteiger charge is 2.19. The van der Waals surface area contributed by atoms with Gasteiger partial charge in [0, 0.05) is 12.5 Å². The number of aldehydes is 1. The van der Waals surface area contributed by atoms with E-state index in [0.29, 0.717) is 0 Å². The first-order valence-electron chi connectivity index (χ1n) is 6.06. The second-order valence-corrected chi connectivity index (χ2v) is 4.70. The predicted molar refractivity (Wildman–Crippen MR) is 63.1 cm³/mol. The van der Waals surface area contributed by atoms with Crippen molar-refractivity contribution < 1.29 is 4.79 Å². The van der Waals surface area contributed by atoms with Crippen LogP contribution < -0.4 is 0 Å². The number of hydrogen-bond acceptors (Lipinski definition) is 3. The standard InChI is InChI=1S/C12H24N2O/c1-13(2)12-6-9-14(10-7-12)8-4-3-5-11-15/h11-12H,3-10H2,1-2H3. The van der Waals surface area contributed by atoms with Crippen molar-refractivity contribution in [1.82, 2.24) is 9.80 Å². The molecule has 1 aliphatic heterocycles. The lowest BCUT2D eigenvalue weighted by Crippen LogP contribution is -2.42. The van der Waals surface area contributed by atoms with Crippen LogP contribution in [0.15, 0.2) is 0 Å². The molecule has 0 saturated carbocycles. The highest BCUT2D eigenvalue weighted by atomic mass is 16.1. The Balaban J connectivity index is 2.06. The van der Waals surface area contributed by atoms with E-state index in [0.717, 1.165) is 25.2 Å². The van der Waals surface area contributed by atoms with E-state index in [1.165, 1.54) is 38.9 Å². The van der Waals surface area contributed by atoms with Gasteiger partial charge in [0.1, 0.15) is 6.29 Å². The van der Waals surface area contributed by atoms with Gasteiger partial charge in [-0.15, -0.1) is 0 Å². The minimum atomic E-state index is 0.730. The van der Waals surface area contributed by atoms with E-state index < -0.39 is 0 Å². The molecule has 0 radical (unpaired) electrons. The van der Waals surface area contributed by atoms with Crippen LogP contribution in [0.5, 0.6) is 0 Å². The maximum absolute atomic E-state index is 10.2. The van der Waals surface area contributed by atoms with Crippen LogP contribution in [0.4, 0.5) is 0 Å². The fourth-order valence-electron chi connectivity index (χ4n) is 2.22. The number of carbonyl (C=O) groups excluding carboxylic acids is 1. The lowest BCUT2D eigenvalue weighted by molar-refractivity contribution is -0.107. The fourth-order valence-corrected chi connectivity index (χ4v) is 2.22. The first-order chi connectivity index (χ1) is 7.24. The molecule has 0 spiro atoms. The van der Waals surface area contributed by atoms with Crippen LogP contribution in [-0.4, -0.2) is 55.9 Å². The average molecular weight is 212 g/mol. The van der Waals surface area contributed by atoms with Gasteiger partial charge in [-0.05, 0) is 59.4 Å². The van der Waals surface area contributed by atoms with E-state index in [4.69, 9.17) is 0 Å². The third-order valence-electron chi connectivity index (χ3n) is 3.33. The van der Waals surface area contributed by atoms with Crippen molar-refractivity contribution in [3.63, 3.8) is 0 Å². The number of unbranched alkanes of at least 4 members (excludes halogenated alkanes) is 2. The number of rotatable bonds is 6. The van der Waals surface area contributed by atoms with Crippen molar-refractivity contribution in [3.8, 4) is 0 Å². The lowest BCUT2D eigenvalue weighted by Gasteiger charge is -2.35. The number of hydrogen-bond donors (Lipinski definition) is 0. The van der Waals surface area contributed by atoms with Gasteiger partial charge in [0.15, 0.2) is 0 Å². The molecule has 0 unspecified atom stereocenters. The summed E-state index contributed by atoms with van der Waals surface area (Å²) in [6.45, 7) is 3.63. The monoisotopic (exact) mass is 212 g/mol. The topological polar surface area (TPSA) is 23.6 Å². The minimum absolute atomic E-state index is 0.730. The maximum atomic E-state index is 10.2. The van der Waals surface area contributed by atoms with E-state index in [1.54, 1.807) is 0 Å². The molecule has 1 saturated heterocycles. The van der Waals surface area contributed by atoms with Gasteiger partial charge < -0.3 is 14.6 Å². The molecule has 0 amide bonds. The first-order valence-corrected chi connectivity index (χ1v) is 6.06. The van der Waals surface area contributed by atoms with Gasteiger partial charge in [0.2, 0.25) is 0 Å². The van der Waals surface area contributed by atoms with Crippen molar-refractivity contribution in [2.45, 2.75) is 38.1 Å². The summed E-state index contributed by atoms with van der Waals surface area (Å²) in [5.41, 5.74) is 0. The Bertz CT molecular complexity index is 174. The van der Waals surface area contributed by atoms with Crippen LogP contribution in [0.1, 0.15) is 32.1 Å². The van der Waals surface area contributed by atoms with Crippen LogP contribution in [0.2, 0.25) is 0 Å². The highest BCUT2D eigenvalue weighted by molar-refractivity contribution is 5.48. The van der Waals surface area contributed by atoms with Crippen molar-refractivity contribution in [3.05, 3.63) is 0 Å². The van der Waals surface area contributed by atoms with Crippen molar-refractivity contribution in [2.75, 3.05) is 33.7 Å². The van der Waals surface area contributed by atoms with Crippen molar-refractivity contribution in [1.29, 1.82) is 0 Å². The second-order valence-electron chi connectivity index (χ2n) is 4.70. The summed E-state index contributed by atoms with van der Waals surface area (Å²) in [5.74, 6) is 0. The number of piperidine rings is 1. The SMILES string of the molecule is CN(C)C1CCN(CCCCC=O)CC1. The summed E-state index contributed by atoms with van der Waals surface area (Å²) < 4.78 is 0. The summed E-state index contributed by atoms with van der Waals surface area (Å²) >= 11 is 0. The molecule has 0 N–H and O–H groups in total. The molecule has 0 bridgehead atoms. The molecule has 1 heterocycles. The zero-order chi connectivity index (χ0) is 11.1. The Morgan fingerprint density at radius 2 is 1.93 bits per heavy atom. The van der Waals surface area contributed by atoms with Crippen LogP contribution >= 0.6 is 0 Å². The fraction of sp³-hybridized carbons (Fsp3) is 0.917.